The highest BCUT2D eigenvalue weighted by Gasteiger charge is 2.26. The van der Waals surface area contributed by atoms with Gasteiger partial charge in [0.1, 0.15) is 0 Å². The Morgan fingerprint density at radius 3 is 2.62 bits per heavy atom. The van der Waals surface area contributed by atoms with Gasteiger partial charge in [0.2, 0.25) is 5.91 Å². The number of hydrogen-bond acceptors (Lipinski definition) is 3. The molecule has 4 rings (SSSR count). The van der Waals surface area contributed by atoms with E-state index in [1.165, 1.54) is 12.0 Å². The topological polar surface area (TPSA) is 52.7 Å². The molecule has 1 atom stereocenters. The standard InChI is InChI=1S/C23H33N3O2.ClH/c27-22-5-2-11-25(22)12-7-18-8-13-26(14-9-18)23(28)21-4-1-3-19(16-21)15-20-6-10-24-17-20;/h1,3-4,16,18,20,24H,2,5-15,17H2;1H. The number of likely N-dealkylation sites (tertiary alicyclic amines) is 2. The van der Waals surface area contributed by atoms with Gasteiger partial charge in [0.05, 0.1) is 0 Å². The van der Waals surface area contributed by atoms with Crippen LogP contribution < -0.4 is 5.32 Å². The molecule has 0 aliphatic carbocycles. The molecule has 6 heteroatoms. The number of piperidine rings is 1. The summed E-state index contributed by atoms with van der Waals surface area (Å²) in [6, 6.07) is 8.25. The van der Waals surface area contributed by atoms with Crippen LogP contribution in [0.3, 0.4) is 0 Å². The molecule has 3 aliphatic heterocycles. The predicted molar refractivity (Wildman–Crippen MR) is 117 cm³/mol. The number of carbonyl (C=O) groups is 2. The van der Waals surface area contributed by atoms with Crippen LogP contribution in [0.15, 0.2) is 24.3 Å². The molecule has 1 unspecified atom stereocenters. The highest BCUT2D eigenvalue weighted by atomic mass is 35.5. The van der Waals surface area contributed by atoms with Crippen LogP contribution in [-0.2, 0) is 11.2 Å². The van der Waals surface area contributed by atoms with Crippen LogP contribution in [0, 0.1) is 11.8 Å². The first-order valence-corrected chi connectivity index (χ1v) is 11.1. The Morgan fingerprint density at radius 2 is 1.93 bits per heavy atom. The molecule has 3 fully saturated rings. The Morgan fingerprint density at radius 1 is 1.10 bits per heavy atom. The largest absolute Gasteiger partial charge is 0.343 e. The van der Waals surface area contributed by atoms with Gasteiger partial charge in [0.15, 0.2) is 0 Å². The molecule has 1 aromatic carbocycles. The van der Waals surface area contributed by atoms with Gasteiger partial charge in [-0.2, -0.15) is 0 Å². The molecular formula is C23H34ClN3O2. The van der Waals surface area contributed by atoms with E-state index >= 15 is 0 Å². The van der Waals surface area contributed by atoms with E-state index in [-0.39, 0.29) is 18.3 Å². The molecule has 1 aromatic rings. The summed E-state index contributed by atoms with van der Waals surface area (Å²) in [6.45, 7) is 5.72. The van der Waals surface area contributed by atoms with Gasteiger partial charge in [-0.05, 0) is 81.1 Å². The minimum absolute atomic E-state index is 0. The van der Waals surface area contributed by atoms with Crippen molar-refractivity contribution in [2.45, 2.75) is 44.9 Å². The van der Waals surface area contributed by atoms with E-state index in [1.54, 1.807) is 0 Å². The zero-order chi connectivity index (χ0) is 19.3. The number of hydrogen-bond donors (Lipinski definition) is 1. The maximum Gasteiger partial charge on any atom is 0.253 e. The number of amides is 2. The van der Waals surface area contributed by atoms with Crippen LogP contribution in [0.1, 0.15) is 54.4 Å². The van der Waals surface area contributed by atoms with Gasteiger partial charge in [-0.1, -0.05) is 12.1 Å². The maximum atomic E-state index is 13.0. The number of nitrogens with zero attached hydrogens (tertiary/aromatic N) is 2. The molecular weight excluding hydrogens is 386 g/mol. The molecule has 3 saturated heterocycles. The van der Waals surface area contributed by atoms with Crippen molar-refractivity contribution < 1.29 is 9.59 Å². The third-order valence-electron chi connectivity index (χ3n) is 6.74. The molecule has 3 aliphatic rings. The van der Waals surface area contributed by atoms with Gasteiger partial charge in [0.25, 0.3) is 5.91 Å². The van der Waals surface area contributed by atoms with Crippen LogP contribution in [0.5, 0.6) is 0 Å². The molecule has 2 amide bonds. The van der Waals surface area contributed by atoms with Crippen molar-refractivity contribution >= 4 is 24.2 Å². The first kappa shape index (κ1) is 22.1. The fourth-order valence-corrected chi connectivity index (χ4v) is 4.94. The minimum Gasteiger partial charge on any atom is -0.343 e. The van der Waals surface area contributed by atoms with Crippen LogP contribution in [0.4, 0.5) is 0 Å². The summed E-state index contributed by atoms with van der Waals surface area (Å²) in [4.78, 5) is 28.8. The van der Waals surface area contributed by atoms with E-state index in [9.17, 15) is 9.59 Å². The van der Waals surface area contributed by atoms with Crippen LogP contribution in [-0.4, -0.2) is 60.9 Å². The lowest BCUT2D eigenvalue weighted by Crippen LogP contribution is -2.39. The maximum absolute atomic E-state index is 13.0. The van der Waals surface area contributed by atoms with Gasteiger partial charge in [-0.3, -0.25) is 9.59 Å². The molecule has 1 N–H and O–H groups in total. The van der Waals surface area contributed by atoms with Crippen molar-refractivity contribution in [2.24, 2.45) is 11.8 Å². The molecule has 0 spiro atoms. The zero-order valence-corrected chi connectivity index (χ0v) is 18.1. The number of carbonyl (C=O) groups excluding carboxylic acids is 2. The predicted octanol–water partition coefficient (Wildman–Crippen LogP) is 3.13. The second-order valence-electron chi connectivity index (χ2n) is 8.77. The van der Waals surface area contributed by atoms with Gasteiger partial charge in [-0.25, -0.2) is 0 Å². The summed E-state index contributed by atoms with van der Waals surface area (Å²) in [5, 5.41) is 3.42. The number of benzene rings is 1. The summed E-state index contributed by atoms with van der Waals surface area (Å²) < 4.78 is 0. The van der Waals surface area contributed by atoms with E-state index in [1.807, 2.05) is 21.9 Å². The van der Waals surface area contributed by atoms with E-state index in [0.29, 0.717) is 17.7 Å². The van der Waals surface area contributed by atoms with Crippen LogP contribution >= 0.6 is 12.4 Å². The molecule has 5 nitrogen and oxygen atoms in total. The van der Waals surface area contributed by atoms with Crippen molar-refractivity contribution in [3.63, 3.8) is 0 Å². The second kappa shape index (κ2) is 10.4. The van der Waals surface area contributed by atoms with Crippen molar-refractivity contribution in [3.8, 4) is 0 Å². The van der Waals surface area contributed by atoms with E-state index in [2.05, 4.69) is 17.4 Å². The summed E-state index contributed by atoms with van der Waals surface area (Å²) >= 11 is 0. The first-order valence-electron chi connectivity index (χ1n) is 11.1. The molecule has 0 radical (unpaired) electrons. The van der Waals surface area contributed by atoms with Crippen molar-refractivity contribution in [1.29, 1.82) is 0 Å². The second-order valence-corrected chi connectivity index (χ2v) is 8.77. The fourth-order valence-electron chi connectivity index (χ4n) is 4.94. The number of halogens is 1. The van der Waals surface area contributed by atoms with E-state index in [0.717, 1.165) is 83.4 Å². The fraction of sp³-hybridized carbons (Fsp3) is 0.652. The quantitative estimate of drug-likeness (QED) is 0.770. The lowest BCUT2D eigenvalue weighted by molar-refractivity contribution is -0.127. The van der Waals surface area contributed by atoms with Crippen LogP contribution in [0.25, 0.3) is 0 Å². The molecule has 160 valence electrons. The lowest BCUT2D eigenvalue weighted by Gasteiger charge is -2.33. The Hall–Kier alpha value is -1.59. The average Bonchev–Trinajstić information content (AvgIpc) is 3.38. The van der Waals surface area contributed by atoms with Gasteiger partial charge in [-0.15, -0.1) is 12.4 Å². The van der Waals surface area contributed by atoms with Gasteiger partial charge < -0.3 is 15.1 Å². The molecule has 29 heavy (non-hydrogen) atoms. The lowest BCUT2D eigenvalue weighted by atomic mass is 9.92. The Balaban J connectivity index is 0.00000240. The first-order chi connectivity index (χ1) is 13.7. The Labute approximate surface area is 180 Å². The number of rotatable bonds is 6. The summed E-state index contributed by atoms with van der Waals surface area (Å²) in [7, 11) is 0. The Bertz CT molecular complexity index is 697. The average molecular weight is 420 g/mol. The summed E-state index contributed by atoms with van der Waals surface area (Å²) in [6.07, 6.45) is 7.23. The van der Waals surface area contributed by atoms with Crippen molar-refractivity contribution in [1.82, 2.24) is 15.1 Å². The minimum atomic E-state index is 0. The van der Waals surface area contributed by atoms with Crippen molar-refractivity contribution in [3.05, 3.63) is 35.4 Å². The zero-order valence-electron chi connectivity index (χ0n) is 17.3. The summed E-state index contributed by atoms with van der Waals surface area (Å²) in [5.41, 5.74) is 2.12. The summed E-state index contributed by atoms with van der Waals surface area (Å²) in [5.74, 6) is 1.84. The molecule has 0 bridgehead atoms. The van der Waals surface area contributed by atoms with Crippen LogP contribution in [0.2, 0.25) is 0 Å². The van der Waals surface area contributed by atoms with Crippen molar-refractivity contribution in [2.75, 3.05) is 39.3 Å². The third kappa shape index (κ3) is 5.73. The monoisotopic (exact) mass is 419 g/mol. The smallest absolute Gasteiger partial charge is 0.253 e. The Kier molecular flexibility index (Phi) is 7.96. The highest BCUT2D eigenvalue weighted by molar-refractivity contribution is 5.94. The molecule has 3 heterocycles. The highest BCUT2D eigenvalue weighted by Crippen LogP contribution is 2.24. The normalized spacial score (nSPS) is 22.8. The van der Waals surface area contributed by atoms with Gasteiger partial charge >= 0.3 is 0 Å². The SMILES string of the molecule is Cl.O=C1CCCN1CCC1CCN(C(=O)c2cccc(CC3CCNC3)c2)CC1. The van der Waals surface area contributed by atoms with Gasteiger partial charge in [0, 0.05) is 38.2 Å². The van der Waals surface area contributed by atoms with E-state index < -0.39 is 0 Å². The molecule has 0 aromatic heterocycles. The third-order valence-corrected chi connectivity index (χ3v) is 6.74. The molecule has 0 saturated carbocycles. The number of nitrogens with one attached hydrogen (secondary N) is 1. The van der Waals surface area contributed by atoms with E-state index in [4.69, 9.17) is 0 Å².